The fourth-order valence-corrected chi connectivity index (χ4v) is 3.60. The Morgan fingerprint density at radius 3 is 1.96 bits per heavy atom. The normalized spacial score (nSPS) is 11.4. The quantitative estimate of drug-likeness (QED) is 0.337. The van der Waals surface area contributed by atoms with Gasteiger partial charge in [-0.25, -0.2) is 4.98 Å². The Hall–Kier alpha value is -2.97. The zero-order valence-corrected chi connectivity index (χ0v) is 14.0. The van der Waals surface area contributed by atoms with Crippen molar-refractivity contribution in [1.82, 2.24) is 9.97 Å². The fraction of sp³-hybridized carbons (Fsp3) is 0. The molecule has 0 amide bonds. The van der Waals surface area contributed by atoms with Crippen LogP contribution < -0.4 is 0 Å². The Morgan fingerprint density at radius 1 is 0.640 bits per heavy atom. The molecule has 0 bridgehead atoms. The third kappa shape index (κ3) is 2.26. The van der Waals surface area contributed by atoms with Crippen LogP contribution in [0.4, 0.5) is 0 Å². The van der Waals surface area contributed by atoms with Gasteiger partial charge >= 0.3 is 0 Å². The van der Waals surface area contributed by atoms with Crippen molar-refractivity contribution in [3.05, 3.63) is 84.0 Å². The SMILES string of the molecule is Clc1cccc(-c2cnc3c4ccccc4c4ccccc4c3n2)c1. The van der Waals surface area contributed by atoms with E-state index in [4.69, 9.17) is 21.6 Å². The summed E-state index contributed by atoms with van der Waals surface area (Å²) in [6.45, 7) is 0. The predicted molar refractivity (Wildman–Crippen MR) is 105 cm³/mol. The van der Waals surface area contributed by atoms with E-state index in [0.717, 1.165) is 33.1 Å². The van der Waals surface area contributed by atoms with Crippen LogP contribution in [-0.4, -0.2) is 9.97 Å². The van der Waals surface area contributed by atoms with Gasteiger partial charge in [-0.3, -0.25) is 4.98 Å². The smallest absolute Gasteiger partial charge is 0.0979 e. The second-order valence-electron chi connectivity index (χ2n) is 6.05. The van der Waals surface area contributed by atoms with Crippen LogP contribution in [0.15, 0.2) is 79.0 Å². The van der Waals surface area contributed by atoms with E-state index in [1.54, 1.807) is 0 Å². The molecule has 4 aromatic carbocycles. The maximum atomic E-state index is 6.14. The summed E-state index contributed by atoms with van der Waals surface area (Å²) in [5.41, 5.74) is 3.65. The van der Waals surface area contributed by atoms with Gasteiger partial charge in [0.2, 0.25) is 0 Å². The molecule has 5 aromatic rings. The van der Waals surface area contributed by atoms with Crippen LogP contribution >= 0.6 is 11.6 Å². The van der Waals surface area contributed by atoms with E-state index in [9.17, 15) is 0 Å². The first kappa shape index (κ1) is 14.4. The van der Waals surface area contributed by atoms with Crippen LogP contribution in [0.25, 0.3) is 43.8 Å². The van der Waals surface area contributed by atoms with Crippen LogP contribution in [-0.2, 0) is 0 Å². The minimum Gasteiger partial charge on any atom is -0.252 e. The van der Waals surface area contributed by atoms with Crippen LogP contribution in [0.2, 0.25) is 5.02 Å². The molecule has 0 atom stereocenters. The minimum absolute atomic E-state index is 0.697. The molecule has 5 rings (SSSR count). The Kier molecular flexibility index (Phi) is 3.19. The highest BCUT2D eigenvalue weighted by Gasteiger charge is 2.11. The summed E-state index contributed by atoms with van der Waals surface area (Å²) in [6, 6.07) is 24.4. The van der Waals surface area contributed by atoms with Crippen molar-refractivity contribution in [3.8, 4) is 11.3 Å². The molecule has 25 heavy (non-hydrogen) atoms. The average molecular weight is 341 g/mol. The number of nitrogens with zero attached hydrogens (tertiary/aromatic N) is 2. The van der Waals surface area contributed by atoms with Gasteiger partial charge in [0.25, 0.3) is 0 Å². The van der Waals surface area contributed by atoms with Gasteiger partial charge in [-0.15, -0.1) is 0 Å². The van der Waals surface area contributed by atoms with Crippen molar-refractivity contribution in [2.45, 2.75) is 0 Å². The Labute approximate surface area is 149 Å². The maximum absolute atomic E-state index is 6.14. The Morgan fingerprint density at radius 2 is 1.28 bits per heavy atom. The molecule has 0 saturated carbocycles. The van der Waals surface area contributed by atoms with E-state index in [-0.39, 0.29) is 0 Å². The zero-order valence-electron chi connectivity index (χ0n) is 13.3. The summed E-state index contributed by atoms with van der Waals surface area (Å²) in [5, 5.41) is 5.34. The van der Waals surface area contributed by atoms with Crippen molar-refractivity contribution >= 4 is 44.2 Å². The van der Waals surface area contributed by atoms with E-state index in [2.05, 4.69) is 36.4 Å². The number of fused-ring (bicyclic) bond motifs is 6. The molecule has 0 aliphatic heterocycles. The topological polar surface area (TPSA) is 25.8 Å². The highest BCUT2D eigenvalue weighted by atomic mass is 35.5. The summed E-state index contributed by atoms with van der Waals surface area (Å²) in [6.07, 6.45) is 1.83. The van der Waals surface area contributed by atoms with Gasteiger partial charge in [0.05, 0.1) is 22.9 Å². The molecule has 0 N–H and O–H groups in total. The van der Waals surface area contributed by atoms with Gasteiger partial charge in [-0.05, 0) is 22.9 Å². The van der Waals surface area contributed by atoms with Gasteiger partial charge in [0.15, 0.2) is 0 Å². The predicted octanol–water partition coefficient (Wildman–Crippen LogP) is 6.26. The molecule has 0 saturated heterocycles. The lowest BCUT2D eigenvalue weighted by atomic mass is 9.99. The lowest BCUT2D eigenvalue weighted by Gasteiger charge is -2.10. The van der Waals surface area contributed by atoms with E-state index in [1.165, 1.54) is 10.8 Å². The summed E-state index contributed by atoms with van der Waals surface area (Å²) in [5.74, 6) is 0. The fourth-order valence-electron chi connectivity index (χ4n) is 3.41. The molecule has 118 valence electrons. The van der Waals surface area contributed by atoms with Gasteiger partial charge in [-0.1, -0.05) is 72.3 Å². The second-order valence-corrected chi connectivity index (χ2v) is 6.49. The summed E-state index contributed by atoms with van der Waals surface area (Å²) in [7, 11) is 0. The van der Waals surface area contributed by atoms with E-state index in [0.29, 0.717) is 5.02 Å². The summed E-state index contributed by atoms with van der Waals surface area (Å²) >= 11 is 6.14. The van der Waals surface area contributed by atoms with E-state index in [1.807, 2.05) is 42.6 Å². The van der Waals surface area contributed by atoms with Crippen LogP contribution in [0.3, 0.4) is 0 Å². The highest BCUT2D eigenvalue weighted by Crippen LogP contribution is 2.34. The lowest BCUT2D eigenvalue weighted by molar-refractivity contribution is 1.31. The third-order valence-corrected chi connectivity index (χ3v) is 4.78. The van der Waals surface area contributed by atoms with Crippen LogP contribution in [0, 0.1) is 0 Å². The molecule has 0 spiro atoms. The standard InChI is InChI=1S/C22H13ClN2/c23-15-7-5-6-14(12-15)20-13-24-21-18-10-3-1-8-16(18)17-9-2-4-11-19(17)22(21)25-20/h1-13H. The number of halogens is 1. The molecule has 0 fully saturated rings. The number of hydrogen-bond donors (Lipinski definition) is 0. The van der Waals surface area contributed by atoms with Crippen molar-refractivity contribution in [1.29, 1.82) is 0 Å². The molecular weight excluding hydrogens is 328 g/mol. The van der Waals surface area contributed by atoms with Gasteiger partial charge in [-0.2, -0.15) is 0 Å². The van der Waals surface area contributed by atoms with E-state index < -0.39 is 0 Å². The Balaban J connectivity index is 1.93. The first-order valence-corrected chi connectivity index (χ1v) is 8.51. The number of benzene rings is 4. The molecule has 0 aliphatic carbocycles. The lowest BCUT2D eigenvalue weighted by Crippen LogP contribution is -1.92. The average Bonchev–Trinajstić information content (AvgIpc) is 2.68. The molecule has 0 radical (unpaired) electrons. The monoisotopic (exact) mass is 340 g/mol. The third-order valence-electron chi connectivity index (χ3n) is 4.55. The second kappa shape index (κ2) is 5.54. The summed E-state index contributed by atoms with van der Waals surface area (Å²) < 4.78 is 0. The van der Waals surface area contributed by atoms with Crippen molar-refractivity contribution in [2.24, 2.45) is 0 Å². The van der Waals surface area contributed by atoms with Crippen LogP contribution in [0.1, 0.15) is 0 Å². The molecule has 1 heterocycles. The first-order chi connectivity index (χ1) is 12.3. The molecular formula is C22H13ClN2. The minimum atomic E-state index is 0.697. The van der Waals surface area contributed by atoms with Crippen molar-refractivity contribution in [2.75, 3.05) is 0 Å². The van der Waals surface area contributed by atoms with E-state index >= 15 is 0 Å². The molecule has 0 unspecified atom stereocenters. The summed E-state index contributed by atoms with van der Waals surface area (Å²) in [4.78, 5) is 9.70. The number of hydrogen-bond acceptors (Lipinski definition) is 2. The molecule has 2 nitrogen and oxygen atoms in total. The van der Waals surface area contributed by atoms with Crippen LogP contribution in [0.5, 0.6) is 0 Å². The Bertz CT molecular complexity index is 1230. The number of aromatic nitrogens is 2. The van der Waals surface area contributed by atoms with Gasteiger partial charge < -0.3 is 0 Å². The zero-order chi connectivity index (χ0) is 16.8. The highest BCUT2D eigenvalue weighted by molar-refractivity contribution is 6.30. The molecule has 0 aliphatic rings. The largest absolute Gasteiger partial charge is 0.252 e. The van der Waals surface area contributed by atoms with Crippen molar-refractivity contribution in [3.63, 3.8) is 0 Å². The van der Waals surface area contributed by atoms with Gasteiger partial charge in [0.1, 0.15) is 0 Å². The maximum Gasteiger partial charge on any atom is 0.0979 e. The van der Waals surface area contributed by atoms with Gasteiger partial charge in [0, 0.05) is 21.4 Å². The molecule has 3 heteroatoms. The van der Waals surface area contributed by atoms with Crippen molar-refractivity contribution < 1.29 is 0 Å². The number of rotatable bonds is 1. The first-order valence-electron chi connectivity index (χ1n) is 8.13. The molecule has 1 aromatic heterocycles.